The Morgan fingerprint density at radius 1 is 1.47 bits per heavy atom. The Morgan fingerprint density at radius 2 is 2.20 bits per heavy atom. The van der Waals surface area contributed by atoms with Gasteiger partial charge in [-0.3, -0.25) is 4.79 Å². The van der Waals surface area contributed by atoms with Crippen molar-refractivity contribution in [1.29, 1.82) is 0 Å². The van der Waals surface area contributed by atoms with Gasteiger partial charge in [0.05, 0.1) is 17.6 Å². The van der Waals surface area contributed by atoms with Gasteiger partial charge in [0.2, 0.25) is 5.91 Å². The van der Waals surface area contributed by atoms with E-state index in [9.17, 15) is 4.79 Å². The van der Waals surface area contributed by atoms with E-state index < -0.39 is 0 Å². The maximum atomic E-state index is 11.8. The fourth-order valence-corrected chi connectivity index (χ4v) is 2.19. The van der Waals surface area contributed by atoms with Gasteiger partial charge in [0.1, 0.15) is 5.75 Å². The molecule has 4 heteroatoms. The van der Waals surface area contributed by atoms with Gasteiger partial charge in [-0.25, -0.2) is 0 Å². The number of methoxy groups -OCH3 is 1. The third-order valence-corrected chi connectivity index (χ3v) is 3.37. The zero-order valence-electron chi connectivity index (χ0n) is 8.44. The molecule has 1 aromatic rings. The van der Waals surface area contributed by atoms with E-state index in [0.29, 0.717) is 0 Å². The normalized spacial score (nSPS) is 20.8. The highest BCUT2D eigenvalue weighted by Crippen LogP contribution is 2.32. The van der Waals surface area contributed by atoms with Crippen molar-refractivity contribution in [2.75, 3.05) is 18.6 Å². The van der Waals surface area contributed by atoms with Crippen molar-refractivity contribution in [2.45, 2.75) is 11.2 Å². The van der Waals surface area contributed by atoms with E-state index in [1.54, 1.807) is 12.0 Å². The molecule has 1 fully saturated rings. The zero-order chi connectivity index (χ0) is 10.8. The smallest absolute Gasteiger partial charge is 0.240 e. The number of hydrogen-bond acceptors (Lipinski definition) is 2. The number of hydrogen-bond donors (Lipinski definition) is 0. The van der Waals surface area contributed by atoms with Crippen molar-refractivity contribution >= 4 is 27.5 Å². The number of rotatable bonds is 2. The average Bonchev–Trinajstić information content (AvgIpc) is 2.60. The number of amides is 1. The highest BCUT2D eigenvalue weighted by molar-refractivity contribution is 9.10. The minimum absolute atomic E-state index is 0.0533. The number of alkyl halides is 1. The lowest BCUT2D eigenvalue weighted by molar-refractivity contribution is -0.116. The summed E-state index contributed by atoms with van der Waals surface area (Å²) in [6.45, 7) is 0.745. The molecule has 15 heavy (non-hydrogen) atoms. The lowest BCUT2D eigenvalue weighted by Gasteiger charge is -2.18. The van der Waals surface area contributed by atoms with E-state index in [2.05, 4.69) is 15.9 Å². The standard InChI is InChI=1S/C11H12BrNO2/c1-15-10-5-3-2-4-9(10)13-7-6-8(12)11(13)14/h2-5,8H,6-7H2,1H3/t8-/m0/s1. The third-order valence-electron chi connectivity index (χ3n) is 2.52. The predicted molar refractivity (Wildman–Crippen MR) is 62.7 cm³/mol. The van der Waals surface area contributed by atoms with Crippen LogP contribution in [0.1, 0.15) is 6.42 Å². The van der Waals surface area contributed by atoms with Crippen LogP contribution < -0.4 is 9.64 Å². The first-order chi connectivity index (χ1) is 7.24. The van der Waals surface area contributed by atoms with E-state index in [0.717, 1.165) is 24.4 Å². The molecular formula is C11H12BrNO2. The molecule has 0 saturated carbocycles. The number of ether oxygens (including phenoxy) is 1. The molecule has 1 heterocycles. The second-order valence-corrected chi connectivity index (χ2v) is 4.52. The maximum Gasteiger partial charge on any atom is 0.240 e. The Bertz CT molecular complexity index is 381. The van der Waals surface area contributed by atoms with Crippen molar-refractivity contribution in [3.05, 3.63) is 24.3 Å². The molecule has 0 aromatic heterocycles. The summed E-state index contributed by atoms with van der Waals surface area (Å²) in [5.74, 6) is 0.854. The topological polar surface area (TPSA) is 29.5 Å². The van der Waals surface area contributed by atoms with Gasteiger partial charge in [0.15, 0.2) is 0 Å². The summed E-state index contributed by atoms with van der Waals surface area (Å²) in [5, 5.41) is 0. The highest BCUT2D eigenvalue weighted by atomic mass is 79.9. The van der Waals surface area contributed by atoms with Gasteiger partial charge in [-0.1, -0.05) is 28.1 Å². The van der Waals surface area contributed by atoms with E-state index in [1.807, 2.05) is 24.3 Å². The maximum absolute atomic E-state index is 11.8. The number of halogens is 1. The molecule has 3 nitrogen and oxygen atoms in total. The Morgan fingerprint density at radius 3 is 2.80 bits per heavy atom. The molecular weight excluding hydrogens is 258 g/mol. The van der Waals surface area contributed by atoms with Crippen LogP contribution in [0.2, 0.25) is 0 Å². The highest BCUT2D eigenvalue weighted by Gasteiger charge is 2.31. The number of nitrogens with zero attached hydrogens (tertiary/aromatic N) is 1. The third kappa shape index (κ3) is 1.86. The van der Waals surface area contributed by atoms with E-state index in [-0.39, 0.29) is 10.7 Å². The van der Waals surface area contributed by atoms with Gasteiger partial charge < -0.3 is 9.64 Å². The second-order valence-electron chi connectivity index (χ2n) is 3.42. The summed E-state index contributed by atoms with van der Waals surface area (Å²) in [4.78, 5) is 13.5. The van der Waals surface area contributed by atoms with Crippen LogP contribution in [0.5, 0.6) is 5.75 Å². The Hall–Kier alpha value is -1.03. The summed E-state index contributed by atoms with van der Waals surface area (Å²) >= 11 is 3.36. The van der Waals surface area contributed by atoms with E-state index in [1.165, 1.54) is 0 Å². The fraction of sp³-hybridized carbons (Fsp3) is 0.364. The molecule has 0 bridgehead atoms. The summed E-state index contributed by atoms with van der Waals surface area (Å²) in [7, 11) is 1.62. The lowest BCUT2D eigenvalue weighted by Crippen LogP contribution is -2.27. The molecule has 0 N–H and O–H groups in total. The molecule has 1 atom stereocenters. The predicted octanol–water partition coefficient (Wildman–Crippen LogP) is 2.20. The van der Waals surface area contributed by atoms with Crippen molar-refractivity contribution in [3.8, 4) is 5.75 Å². The fourth-order valence-electron chi connectivity index (χ4n) is 1.74. The van der Waals surface area contributed by atoms with Crippen molar-refractivity contribution < 1.29 is 9.53 Å². The van der Waals surface area contributed by atoms with Crippen LogP contribution in [0.15, 0.2) is 24.3 Å². The van der Waals surface area contributed by atoms with Gasteiger partial charge in [-0.05, 0) is 18.6 Å². The molecule has 1 amide bonds. The van der Waals surface area contributed by atoms with E-state index in [4.69, 9.17) is 4.74 Å². The first kappa shape index (κ1) is 10.5. The van der Waals surface area contributed by atoms with Gasteiger partial charge in [-0.15, -0.1) is 0 Å². The average molecular weight is 270 g/mol. The van der Waals surface area contributed by atoms with Crippen molar-refractivity contribution in [1.82, 2.24) is 0 Å². The summed E-state index contributed by atoms with van der Waals surface area (Å²) in [6.07, 6.45) is 0.844. The van der Waals surface area contributed by atoms with Gasteiger partial charge in [0.25, 0.3) is 0 Å². The lowest BCUT2D eigenvalue weighted by atomic mass is 10.2. The van der Waals surface area contributed by atoms with E-state index >= 15 is 0 Å². The van der Waals surface area contributed by atoms with Crippen LogP contribution in [0.25, 0.3) is 0 Å². The number of para-hydroxylation sites is 2. The minimum Gasteiger partial charge on any atom is -0.495 e. The molecule has 0 spiro atoms. The molecule has 1 aliphatic heterocycles. The minimum atomic E-state index is -0.0533. The number of carbonyl (C=O) groups is 1. The first-order valence-corrected chi connectivity index (χ1v) is 5.74. The first-order valence-electron chi connectivity index (χ1n) is 4.82. The number of benzene rings is 1. The quantitative estimate of drug-likeness (QED) is 0.771. The molecule has 0 aliphatic carbocycles. The van der Waals surface area contributed by atoms with Gasteiger partial charge in [-0.2, -0.15) is 0 Å². The van der Waals surface area contributed by atoms with Gasteiger partial charge >= 0.3 is 0 Å². The Labute approximate surface area is 97.2 Å². The molecule has 1 aromatic carbocycles. The summed E-state index contributed by atoms with van der Waals surface area (Å²) < 4.78 is 5.23. The number of anilines is 1. The van der Waals surface area contributed by atoms with Crippen LogP contribution >= 0.6 is 15.9 Å². The largest absolute Gasteiger partial charge is 0.495 e. The second kappa shape index (κ2) is 4.23. The molecule has 0 unspecified atom stereocenters. The van der Waals surface area contributed by atoms with Crippen LogP contribution in [0.3, 0.4) is 0 Å². The molecule has 1 saturated heterocycles. The SMILES string of the molecule is COc1ccccc1N1CC[C@H](Br)C1=O. The Kier molecular flexibility index (Phi) is 2.95. The van der Waals surface area contributed by atoms with Crippen LogP contribution in [-0.4, -0.2) is 24.4 Å². The van der Waals surface area contributed by atoms with Crippen molar-refractivity contribution in [3.63, 3.8) is 0 Å². The van der Waals surface area contributed by atoms with Crippen LogP contribution in [-0.2, 0) is 4.79 Å². The van der Waals surface area contributed by atoms with Crippen LogP contribution in [0.4, 0.5) is 5.69 Å². The molecule has 1 aliphatic rings. The number of carbonyl (C=O) groups excluding carboxylic acids is 1. The van der Waals surface area contributed by atoms with Crippen LogP contribution in [0, 0.1) is 0 Å². The molecule has 80 valence electrons. The Balaban J connectivity index is 2.33. The zero-order valence-corrected chi connectivity index (χ0v) is 10.0. The summed E-state index contributed by atoms with van der Waals surface area (Å²) in [5.41, 5.74) is 0.854. The van der Waals surface area contributed by atoms with Crippen molar-refractivity contribution in [2.24, 2.45) is 0 Å². The summed E-state index contributed by atoms with van der Waals surface area (Å²) in [6, 6.07) is 7.58. The van der Waals surface area contributed by atoms with Gasteiger partial charge in [0, 0.05) is 6.54 Å². The molecule has 2 rings (SSSR count). The molecule has 0 radical (unpaired) electrons. The monoisotopic (exact) mass is 269 g/mol.